The van der Waals surface area contributed by atoms with Gasteiger partial charge < -0.3 is 5.32 Å². The van der Waals surface area contributed by atoms with Crippen LogP contribution in [0.3, 0.4) is 0 Å². The second-order valence-corrected chi connectivity index (χ2v) is 6.62. The molecule has 0 unspecified atom stereocenters. The van der Waals surface area contributed by atoms with E-state index in [0.717, 1.165) is 23.0 Å². The van der Waals surface area contributed by atoms with Crippen LogP contribution >= 0.6 is 11.3 Å². The van der Waals surface area contributed by atoms with Crippen molar-refractivity contribution in [3.05, 3.63) is 40.7 Å². The number of benzene rings is 1. The molecule has 3 rings (SSSR count). The average molecular weight is 351 g/mol. The van der Waals surface area contributed by atoms with Gasteiger partial charge in [0, 0.05) is 24.8 Å². The molecule has 2 aromatic heterocycles. The normalized spacial score (nSPS) is 11.4. The van der Waals surface area contributed by atoms with Crippen molar-refractivity contribution in [1.82, 2.24) is 19.8 Å². The maximum Gasteiger partial charge on any atom is 0.234 e. The summed E-state index contributed by atoms with van der Waals surface area (Å²) < 4.78 is 28.0. The largest absolute Gasteiger partial charge is 0.324 e. The molecule has 0 fully saturated rings. The van der Waals surface area contributed by atoms with Crippen LogP contribution in [0.4, 0.5) is 14.5 Å². The van der Waals surface area contributed by atoms with Crippen LogP contribution in [0.1, 0.15) is 37.0 Å². The zero-order valence-corrected chi connectivity index (χ0v) is 13.9. The highest BCUT2D eigenvalue weighted by molar-refractivity contribution is 7.16. The van der Waals surface area contributed by atoms with E-state index in [1.807, 2.05) is 13.8 Å². The minimum absolute atomic E-state index is 0.0402. The number of hydrogen-bond acceptors (Lipinski definition) is 5. The molecular weight excluding hydrogens is 336 g/mol. The van der Waals surface area contributed by atoms with Gasteiger partial charge in [0.25, 0.3) is 0 Å². The van der Waals surface area contributed by atoms with Crippen molar-refractivity contribution in [3.63, 3.8) is 0 Å². The monoisotopic (exact) mass is 351 g/mol. The van der Waals surface area contributed by atoms with E-state index in [1.165, 1.54) is 17.4 Å². The number of halogens is 2. The number of aryl methyl sites for hydroxylation is 1. The van der Waals surface area contributed by atoms with Crippen LogP contribution in [0.15, 0.2) is 18.2 Å². The van der Waals surface area contributed by atoms with Gasteiger partial charge >= 0.3 is 0 Å². The molecule has 0 radical (unpaired) electrons. The van der Waals surface area contributed by atoms with Gasteiger partial charge in [-0.2, -0.15) is 9.61 Å². The number of aromatic nitrogens is 4. The van der Waals surface area contributed by atoms with Crippen LogP contribution in [0.2, 0.25) is 0 Å². The fourth-order valence-electron chi connectivity index (χ4n) is 2.16. The Kier molecular flexibility index (Phi) is 4.52. The molecule has 3 aromatic rings. The summed E-state index contributed by atoms with van der Waals surface area (Å²) in [4.78, 5) is 12.6. The highest BCUT2D eigenvalue weighted by atomic mass is 32.1. The van der Waals surface area contributed by atoms with Crippen molar-refractivity contribution in [2.75, 3.05) is 5.32 Å². The Bertz CT molecular complexity index is 889. The number of carbonyl (C=O) groups excluding carboxylic acids is 1. The van der Waals surface area contributed by atoms with E-state index in [-0.39, 0.29) is 23.9 Å². The summed E-state index contributed by atoms with van der Waals surface area (Å²) in [5, 5.41) is 15.7. The number of nitrogens with one attached hydrogen (secondary N) is 1. The van der Waals surface area contributed by atoms with Crippen LogP contribution in [0.25, 0.3) is 4.96 Å². The van der Waals surface area contributed by atoms with Crippen LogP contribution in [-0.2, 0) is 11.2 Å². The maximum atomic E-state index is 13.5. The predicted octanol–water partition coefficient (Wildman–Crippen LogP) is 3.16. The Balaban J connectivity index is 1.64. The number of anilines is 1. The van der Waals surface area contributed by atoms with Crippen molar-refractivity contribution in [2.45, 2.75) is 32.6 Å². The van der Waals surface area contributed by atoms with Crippen molar-refractivity contribution in [3.8, 4) is 0 Å². The second kappa shape index (κ2) is 6.60. The van der Waals surface area contributed by atoms with Gasteiger partial charge in [0.1, 0.15) is 16.6 Å². The third kappa shape index (κ3) is 3.40. The molecule has 24 heavy (non-hydrogen) atoms. The zero-order chi connectivity index (χ0) is 17.3. The van der Waals surface area contributed by atoms with E-state index in [1.54, 1.807) is 4.52 Å². The van der Waals surface area contributed by atoms with Gasteiger partial charge in [0.2, 0.25) is 10.9 Å². The molecule has 9 heteroatoms. The van der Waals surface area contributed by atoms with Gasteiger partial charge in [0.05, 0.1) is 5.69 Å². The molecule has 0 saturated carbocycles. The highest BCUT2D eigenvalue weighted by Gasteiger charge is 2.15. The van der Waals surface area contributed by atoms with E-state index in [0.29, 0.717) is 11.4 Å². The topological polar surface area (TPSA) is 72.2 Å². The minimum Gasteiger partial charge on any atom is -0.324 e. The lowest BCUT2D eigenvalue weighted by atomic mass is 10.2. The lowest BCUT2D eigenvalue weighted by Gasteiger charge is -2.05. The Hall–Kier alpha value is -2.42. The molecule has 0 saturated heterocycles. The second-order valence-electron chi connectivity index (χ2n) is 5.58. The molecule has 1 aromatic carbocycles. The van der Waals surface area contributed by atoms with Crippen LogP contribution in [0, 0.1) is 11.6 Å². The highest BCUT2D eigenvalue weighted by Crippen LogP contribution is 2.20. The molecule has 2 heterocycles. The molecular formula is C15H15F2N5OS. The van der Waals surface area contributed by atoms with Crippen LogP contribution in [-0.4, -0.2) is 25.7 Å². The number of nitrogens with zero attached hydrogens (tertiary/aromatic N) is 4. The number of hydrogen-bond donors (Lipinski definition) is 1. The first-order valence-corrected chi connectivity index (χ1v) is 8.21. The van der Waals surface area contributed by atoms with Crippen molar-refractivity contribution >= 4 is 27.9 Å². The standard InChI is InChI=1S/C15H15F2N5OS/c1-8(2)14-19-20-15-22(14)21-13(24-15)6-5-12(23)18-11-4-3-9(16)7-10(11)17/h3-4,7-8H,5-6H2,1-2H3,(H,18,23). The lowest BCUT2D eigenvalue weighted by Crippen LogP contribution is -2.13. The van der Waals surface area contributed by atoms with Gasteiger partial charge in [0.15, 0.2) is 5.82 Å². The molecule has 6 nitrogen and oxygen atoms in total. The molecule has 0 bridgehead atoms. The van der Waals surface area contributed by atoms with Gasteiger partial charge in [-0.1, -0.05) is 25.2 Å². The Morgan fingerprint density at radius 3 is 2.83 bits per heavy atom. The van der Waals surface area contributed by atoms with Crippen molar-refractivity contribution < 1.29 is 13.6 Å². The molecule has 0 aliphatic heterocycles. The minimum atomic E-state index is -0.802. The first-order chi connectivity index (χ1) is 11.4. The Labute approximate surface area is 140 Å². The van der Waals surface area contributed by atoms with E-state index >= 15 is 0 Å². The maximum absolute atomic E-state index is 13.5. The van der Waals surface area contributed by atoms with Gasteiger partial charge in [-0.3, -0.25) is 4.79 Å². The summed E-state index contributed by atoms with van der Waals surface area (Å²) in [7, 11) is 0. The van der Waals surface area contributed by atoms with Crippen molar-refractivity contribution in [2.24, 2.45) is 0 Å². The number of fused-ring (bicyclic) bond motifs is 1. The number of amides is 1. The molecule has 1 amide bonds. The van der Waals surface area contributed by atoms with Crippen molar-refractivity contribution in [1.29, 1.82) is 0 Å². The summed E-state index contributed by atoms with van der Waals surface area (Å²) in [5.41, 5.74) is -0.0402. The summed E-state index contributed by atoms with van der Waals surface area (Å²) in [6.45, 7) is 4.00. The molecule has 126 valence electrons. The smallest absolute Gasteiger partial charge is 0.234 e. The molecule has 0 spiro atoms. The average Bonchev–Trinajstić information content (AvgIpc) is 3.07. The molecule has 0 aliphatic rings. The van der Waals surface area contributed by atoms with E-state index < -0.39 is 11.6 Å². The third-order valence-electron chi connectivity index (χ3n) is 3.34. The lowest BCUT2D eigenvalue weighted by molar-refractivity contribution is -0.116. The first-order valence-electron chi connectivity index (χ1n) is 7.40. The van der Waals surface area contributed by atoms with Gasteiger partial charge in [-0.05, 0) is 12.1 Å². The Morgan fingerprint density at radius 1 is 1.33 bits per heavy atom. The molecule has 0 aliphatic carbocycles. The van der Waals surface area contributed by atoms with Crippen LogP contribution < -0.4 is 5.32 Å². The quantitative estimate of drug-likeness (QED) is 0.766. The fraction of sp³-hybridized carbons (Fsp3) is 0.333. The number of carbonyl (C=O) groups is 1. The molecule has 0 atom stereocenters. The van der Waals surface area contributed by atoms with E-state index in [4.69, 9.17) is 0 Å². The summed E-state index contributed by atoms with van der Waals surface area (Å²) in [6, 6.07) is 3.02. The SMILES string of the molecule is CC(C)c1nnc2sc(CCC(=O)Nc3ccc(F)cc3F)nn12. The fourth-order valence-corrected chi connectivity index (χ4v) is 3.00. The van der Waals surface area contributed by atoms with E-state index in [2.05, 4.69) is 20.6 Å². The van der Waals surface area contributed by atoms with Gasteiger partial charge in [-0.25, -0.2) is 8.78 Å². The molecule has 1 N–H and O–H groups in total. The first kappa shape index (κ1) is 16.4. The summed E-state index contributed by atoms with van der Waals surface area (Å²) in [5.74, 6) is -0.893. The summed E-state index contributed by atoms with van der Waals surface area (Å²) in [6.07, 6.45) is 0.540. The zero-order valence-electron chi connectivity index (χ0n) is 13.1. The third-order valence-corrected chi connectivity index (χ3v) is 4.30. The van der Waals surface area contributed by atoms with Crippen LogP contribution in [0.5, 0.6) is 0 Å². The van der Waals surface area contributed by atoms with Gasteiger partial charge in [-0.15, -0.1) is 10.2 Å². The number of rotatable bonds is 5. The summed E-state index contributed by atoms with van der Waals surface area (Å²) >= 11 is 1.36. The van der Waals surface area contributed by atoms with E-state index in [9.17, 15) is 13.6 Å². The Morgan fingerprint density at radius 2 is 2.12 bits per heavy atom. The predicted molar refractivity (Wildman–Crippen MR) is 86.1 cm³/mol.